The summed E-state index contributed by atoms with van der Waals surface area (Å²) >= 11 is 0. The van der Waals surface area contributed by atoms with Gasteiger partial charge < -0.3 is 9.47 Å². The lowest BCUT2D eigenvalue weighted by Crippen LogP contribution is -2.26. The zero-order chi connectivity index (χ0) is 14.2. The van der Waals surface area contributed by atoms with Crippen molar-refractivity contribution in [2.45, 2.75) is 18.1 Å². The molecule has 2 heterocycles. The standard InChI is InChI=1S/C12H15NO5S2/c14-19(5-3-17-4-6-19)13-20(15,16)12-2-1-10-8-18-9-11(10)7-12/h1-2,7H,3-6,8-9H2. The molecule has 0 spiro atoms. The quantitative estimate of drug-likeness (QED) is 0.809. The molecule has 1 fully saturated rings. The van der Waals surface area contributed by atoms with E-state index in [0.717, 1.165) is 11.1 Å². The van der Waals surface area contributed by atoms with Crippen LogP contribution >= 0.6 is 0 Å². The summed E-state index contributed by atoms with van der Waals surface area (Å²) in [4.78, 5) is 0.0796. The number of nitrogens with zero attached hydrogens (tertiary/aromatic N) is 1. The SMILES string of the molecule is O=S(=O)(N=S1(=O)CCOCC1)c1ccc2c(c1)COC2. The van der Waals surface area contributed by atoms with Crippen LogP contribution in [0.5, 0.6) is 0 Å². The molecule has 0 radical (unpaired) electrons. The van der Waals surface area contributed by atoms with Crippen molar-refractivity contribution >= 4 is 19.8 Å². The number of benzene rings is 1. The first kappa shape index (κ1) is 14.0. The van der Waals surface area contributed by atoms with Crippen LogP contribution in [0.2, 0.25) is 0 Å². The minimum atomic E-state index is -3.90. The van der Waals surface area contributed by atoms with E-state index in [-0.39, 0.29) is 29.6 Å². The molecule has 3 rings (SSSR count). The van der Waals surface area contributed by atoms with Crippen molar-refractivity contribution in [3.63, 3.8) is 0 Å². The third-order valence-corrected chi connectivity index (χ3v) is 7.65. The predicted molar refractivity (Wildman–Crippen MR) is 73.2 cm³/mol. The second-order valence-corrected chi connectivity index (χ2v) is 9.15. The molecule has 0 bridgehead atoms. The molecule has 6 nitrogen and oxygen atoms in total. The first-order chi connectivity index (χ1) is 9.49. The zero-order valence-corrected chi connectivity index (χ0v) is 12.4. The number of sulfonamides is 1. The molecule has 1 aromatic rings. The maximum Gasteiger partial charge on any atom is 0.290 e. The highest BCUT2D eigenvalue weighted by Gasteiger charge is 2.23. The lowest BCUT2D eigenvalue weighted by atomic mass is 10.1. The van der Waals surface area contributed by atoms with Gasteiger partial charge in [-0.05, 0) is 23.3 Å². The summed E-state index contributed by atoms with van der Waals surface area (Å²) in [5.74, 6) is 0.334. The molecule has 1 saturated heterocycles. The van der Waals surface area contributed by atoms with Crippen molar-refractivity contribution < 1.29 is 22.1 Å². The Balaban J connectivity index is 2.00. The van der Waals surface area contributed by atoms with Gasteiger partial charge in [0.2, 0.25) is 0 Å². The van der Waals surface area contributed by atoms with Gasteiger partial charge in [0.05, 0.1) is 52.6 Å². The molecule has 0 N–H and O–H groups in total. The highest BCUT2D eigenvalue weighted by Crippen LogP contribution is 2.24. The topological polar surface area (TPSA) is 82.0 Å². The van der Waals surface area contributed by atoms with E-state index in [4.69, 9.17) is 9.47 Å². The van der Waals surface area contributed by atoms with Crippen LogP contribution in [0.25, 0.3) is 0 Å². The average Bonchev–Trinajstić information content (AvgIpc) is 2.85. The lowest BCUT2D eigenvalue weighted by molar-refractivity contribution is 0.134. The third kappa shape index (κ3) is 2.73. The molecule has 20 heavy (non-hydrogen) atoms. The first-order valence-electron chi connectivity index (χ1n) is 6.25. The molecule has 0 aliphatic carbocycles. The highest BCUT2D eigenvalue weighted by atomic mass is 32.3. The van der Waals surface area contributed by atoms with Gasteiger partial charge in [0.1, 0.15) is 0 Å². The molecular formula is C12H15NO5S2. The smallest absolute Gasteiger partial charge is 0.290 e. The van der Waals surface area contributed by atoms with Crippen molar-refractivity contribution in [2.24, 2.45) is 3.77 Å². The minimum Gasteiger partial charge on any atom is -0.379 e. The van der Waals surface area contributed by atoms with Crippen LogP contribution in [0.1, 0.15) is 11.1 Å². The van der Waals surface area contributed by atoms with Crippen LogP contribution in [0.15, 0.2) is 26.9 Å². The Kier molecular flexibility index (Phi) is 3.57. The predicted octanol–water partition coefficient (Wildman–Crippen LogP) is 0.904. The van der Waals surface area contributed by atoms with Gasteiger partial charge in [-0.25, -0.2) is 4.21 Å². The fourth-order valence-corrected chi connectivity index (χ4v) is 6.05. The van der Waals surface area contributed by atoms with Crippen LogP contribution in [-0.4, -0.2) is 37.3 Å². The number of hydrogen-bond acceptors (Lipinski definition) is 5. The third-order valence-electron chi connectivity index (χ3n) is 3.32. The van der Waals surface area contributed by atoms with Crippen molar-refractivity contribution in [1.29, 1.82) is 0 Å². The number of rotatable bonds is 2. The van der Waals surface area contributed by atoms with Crippen LogP contribution < -0.4 is 0 Å². The molecule has 0 aromatic heterocycles. The molecule has 0 atom stereocenters. The van der Waals surface area contributed by atoms with Crippen LogP contribution in [0.4, 0.5) is 0 Å². The van der Waals surface area contributed by atoms with Crippen LogP contribution in [-0.2, 0) is 42.4 Å². The van der Waals surface area contributed by atoms with Gasteiger partial charge in [-0.15, -0.1) is 3.77 Å². The zero-order valence-electron chi connectivity index (χ0n) is 10.8. The summed E-state index contributed by atoms with van der Waals surface area (Å²) in [5, 5.41) is 0. The Bertz CT molecular complexity index is 735. The average molecular weight is 317 g/mol. The van der Waals surface area contributed by atoms with Gasteiger partial charge in [-0.2, -0.15) is 8.42 Å². The second kappa shape index (κ2) is 5.10. The Morgan fingerprint density at radius 3 is 2.50 bits per heavy atom. The van der Waals surface area contributed by atoms with E-state index in [2.05, 4.69) is 3.77 Å². The van der Waals surface area contributed by atoms with E-state index in [1.54, 1.807) is 12.1 Å². The van der Waals surface area contributed by atoms with E-state index in [9.17, 15) is 12.6 Å². The van der Waals surface area contributed by atoms with Gasteiger partial charge in [0.25, 0.3) is 10.0 Å². The van der Waals surface area contributed by atoms with Crippen molar-refractivity contribution in [3.8, 4) is 0 Å². The molecule has 2 aliphatic rings. The summed E-state index contributed by atoms with van der Waals surface area (Å²) in [7, 11) is -6.63. The maximum atomic E-state index is 12.4. The Morgan fingerprint density at radius 1 is 1.05 bits per heavy atom. The summed E-state index contributed by atoms with van der Waals surface area (Å²) in [6.07, 6.45) is 0. The Morgan fingerprint density at radius 2 is 1.75 bits per heavy atom. The van der Waals surface area contributed by atoms with Gasteiger partial charge in [0.15, 0.2) is 0 Å². The number of fused-ring (bicyclic) bond motifs is 1. The molecule has 8 heteroatoms. The molecule has 1 aromatic carbocycles. The first-order valence-corrected chi connectivity index (χ1v) is 9.54. The van der Waals surface area contributed by atoms with Gasteiger partial charge >= 0.3 is 0 Å². The van der Waals surface area contributed by atoms with Crippen molar-refractivity contribution in [1.82, 2.24) is 0 Å². The summed E-state index contributed by atoms with van der Waals surface area (Å²) in [6.45, 7) is 1.48. The van der Waals surface area contributed by atoms with Gasteiger partial charge in [-0.3, -0.25) is 0 Å². The maximum absolute atomic E-state index is 12.4. The van der Waals surface area contributed by atoms with E-state index in [0.29, 0.717) is 13.2 Å². The molecular weight excluding hydrogens is 302 g/mol. The molecule has 2 aliphatic heterocycles. The van der Waals surface area contributed by atoms with Crippen molar-refractivity contribution in [2.75, 3.05) is 24.7 Å². The van der Waals surface area contributed by atoms with E-state index in [1.165, 1.54) is 6.07 Å². The Labute approximate surface area is 118 Å². The molecule has 110 valence electrons. The number of hydrogen-bond donors (Lipinski definition) is 0. The molecule has 0 unspecified atom stereocenters. The fourth-order valence-electron chi connectivity index (χ4n) is 2.19. The van der Waals surface area contributed by atoms with Gasteiger partial charge in [-0.1, -0.05) is 6.07 Å². The van der Waals surface area contributed by atoms with Crippen LogP contribution in [0.3, 0.4) is 0 Å². The molecule has 0 saturated carbocycles. The fraction of sp³-hybridized carbons (Fsp3) is 0.500. The summed E-state index contributed by atoms with van der Waals surface area (Å²) in [6, 6.07) is 4.78. The van der Waals surface area contributed by atoms with E-state index >= 15 is 0 Å². The van der Waals surface area contributed by atoms with Crippen LogP contribution in [0, 0.1) is 0 Å². The Hall–Kier alpha value is -0.960. The second-order valence-electron chi connectivity index (χ2n) is 4.77. The van der Waals surface area contributed by atoms with E-state index < -0.39 is 19.8 Å². The summed E-state index contributed by atoms with van der Waals surface area (Å²) < 4.78 is 51.0. The monoisotopic (exact) mass is 317 g/mol. The highest BCUT2D eigenvalue weighted by molar-refractivity contribution is 8.03. The minimum absolute atomic E-state index is 0.0796. The van der Waals surface area contributed by atoms with Crippen molar-refractivity contribution in [3.05, 3.63) is 29.3 Å². The summed E-state index contributed by atoms with van der Waals surface area (Å²) in [5.41, 5.74) is 1.84. The lowest BCUT2D eigenvalue weighted by Gasteiger charge is -2.15. The largest absolute Gasteiger partial charge is 0.379 e. The van der Waals surface area contributed by atoms with E-state index in [1.807, 2.05) is 0 Å². The molecule has 0 amide bonds. The van der Waals surface area contributed by atoms with Gasteiger partial charge in [0, 0.05) is 0 Å². The normalized spacial score (nSPS) is 21.4. The number of ether oxygens (including phenoxy) is 2.